The smallest absolute Gasteiger partial charge is 0.159 e. The number of rotatable bonds is 7. The van der Waals surface area contributed by atoms with Gasteiger partial charge in [-0.1, -0.05) is 0 Å². The third-order valence-electron chi connectivity index (χ3n) is 3.72. The lowest BCUT2D eigenvalue weighted by atomic mass is 10.2. The Balaban J connectivity index is 1.74. The van der Waals surface area contributed by atoms with Gasteiger partial charge in [0.15, 0.2) is 11.6 Å². The summed E-state index contributed by atoms with van der Waals surface area (Å²) in [5, 5.41) is 4.51. The van der Waals surface area contributed by atoms with Crippen molar-refractivity contribution in [1.29, 1.82) is 0 Å². The van der Waals surface area contributed by atoms with Crippen LogP contribution < -0.4 is 10.5 Å². The highest BCUT2D eigenvalue weighted by Crippen LogP contribution is 2.39. The molecule has 7 heteroatoms. The molecule has 0 bridgehead atoms. The molecule has 0 saturated heterocycles. The first kappa shape index (κ1) is 16.0. The van der Waals surface area contributed by atoms with Crippen molar-refractivity contribution >= 4 is 12.6 Å². The highest BCUT2D eigenvalue weighted by molar-refractivity contribution is 7.79. The normalized spacial score (nSPS) is 15.0. The van der Waals surface area contributed by atoms with Crippen LogP contribution in [0.1, 0.15) is 24.6 Å². The van der Waals surface area contributed by atoms with E-state index in [0.717, 1.165) is 30.1 Å². The maximum atomic E-state index is 12.5. The first-order valence-electron chi connectivity index (χ1n) is 7.52. The van der Waals surface area contributed by atoms with Crippen molar-refractivity contribution in [3.63, 3.8) is 0 Å². The minimum atomic E-state index is 0.142. The highest BCUT2D eigenvalue weighted by Gasteiger charge is 2.29. The van der Waals surface area contributed by atoms with E-state index in [2.05, 4.69) is 22.7 Å². The van der Waals surface area contributed by atoms with Crippen molar-refractivity contribution in [3.8, 4) is 17.1 Å². The van der Waals surface area contributed by atoms with Gasteiger partial charge in [0, 0.05) is 23.6 Å². The van der Waals surface area contributed by atoms with Crippen molar-refractivity contribution < 1.29 is 9.13 Å². The number of hydrogen-bond donors (Lipinski definition) is 2. The van der Waals surface area contributed by atoms with Crippen LogP contribution in [0.3, 0.4) is 0 Å². The average molecular weight is 334 g/mol. The lowest BCUT2D eigenvalue weighted by Crippen LogP contribution is -2.10. The maximum Gasteiger partial charge on any atom is 0.159 e. The Kier molecular flexibility index (Phi) is 4.97. The topological polar surface area (TPSA) is 66.0 Å². The molecule has 5 nitrogen and oxygen atoms in total. The Hall–Kier alpha value is -1.86. The highest BCUT2D eigenvalue weighted by atomic mass is 32.1. The summed E-state index contributed by atoms with van der Waals surface area (Å²) in [5.74, 6) is 3.34. The molecule has 1 saturated carbocycles. The van der Waals surface area contributed by atoms with Crippen LogP contribution in [0, 0.1) is 0 Å². The molecule has 1 aliphatic rings. The van der Waals surface area contributed by atoms with Gasteiger partial charge in [-0.3, -0.25) is 0 Å². The summed E-state index contributed by atoms with van der Waals surface area (Å²) in [7, 11) is 0. The van der Waals surface area contributed by atoms with E-state index in [1.54, 1.807) is 4.68 Å². The second-order valence-corrected chi connectivity index (χ2v) is 5.78. The van der Waals surface area contributed by atoms with Gasteiger partial charge in [-0.15, -0.1) is 0 Å². The largest absolute Gasteiger partial charge is 0.489 e. The summed E-state index contributed by atoms with van der Waals surface area (Å²) in [5.41, 5.74) is 6.76. The van der Waals surface area contributed by atoms with Crippen LogP contribution in [0.15, 0.2) is 36.2 Å². The van der Waals surface area contributed by atoms with Gasteiger partial charge in [-0.25, -0.2) is 14.1 Å². The van der Waals surface area contributed by atoms with E-state index in [4.69, 9.17) is 10.5 Å². The molecule has 0 unspecified atom stereocenters. The molecule has 2 N–H and O–H groups in total. The van der Waals surface area contributed by atoms with Gasteiger partial charge >= 0.3 is 0 Å². The number of benzene rings is 1. The van der Waals surface area contributed by atoms with Gasteiger partial charge < -0.3 is 10.5 Å². The zero-order valence-electron chi connectivity index (χ0n) is 12.7. The van der Waals surface area contributed by atoms with Crippen molar-refractivity contribution in [2.75, 3.05) is 13.2 Å². The zero-order valence-corrected chi connectivity index (χ0v) is 13.5. The SMILES string of the molecule is NC/C(=C\F)COc1ccc(-c2nc(C3CC3)nn2CS)cc1. The summed E-state index contributed by atoms with van der Waals surface area (Å²) < 4.78 is 19.8. The van der Waals surface area contributed by atoms with Crippen LogP contribution in [-0.2, 0) is 5.88 Å². The molecule has 3 rings (SSSR count). The first-order chi connectivity index (χ1) is 11.2. The molecule has 1 aromatic heterocycles. The Morgan fingerprint density at radius 1 is 1.39 bits per heavy atom. The first-order valence-corrected chi connectivity index (χ1v) is 8.15. The molecule has 2 aromatic rings. The lowest BCUT2D eigenvalue weighted by molar-refractivity contribution is 0.347. The van der Waals surface area contributed by atoms with E-state index < -0.39 is 0 Å². The second kappa shape index (κ2) is 7.14. The third kappa shape index (κ3) is 3.73. The summed E-state index contributed by atoms with van der Waals surface area (Å²) in [6.07, 6.45) is 2.81. The monoisotopic (exact) mass is 334 g/mol. The molecule has 1 aromatic carbocycles. The van der Waals surface area contributed by atoms with Gasteiger partial charge in [-0.2, -0.15) is 17.7 Å². The minimum Gasteiger partial charge on any atom is -0.489 e. The fraction of sp³-hybridized carbons (Fsp3) is 0.375. The number of thiol groups is 1. The Morgan fingerprint density at radius 2 is 2.13 bits per heavy atom. The van der Waals surface area contributed by atoms with E-state index in [1.165, 1.54) is 0 Å². The summed E-state index contributed by atoms with van der Waals surface area (Å²) in [6, 6.07) is 7.49. The number of aromatic nitrogens is 3. The van der Waals surface area contributed by atoms with E-state index in [0.29, 0.717) is 29.4 Å². The van der Waals surface area contributed by atoms with Crippen LogP contribution in [0.5, 0.6) is 5.75 Å². The number of nitrogens with two attached hydrogens (primary N) is 1. The van der Waals surface area contributed by atoms with Crippen LogP contribution >= 0.6 is 12.6 Å². The van der Waals surface area contributed by atoms with Crippen LogP contribution in [0.4, 0.5) is 4.39 Å². The molecule has 0 radical (unpaired) electrons. The van der Waals surface area contributed by atoms with Crippen molar-refractivity contribution in [2.45, 2.75) is 24.6 Å². The number of ether oxygens (including phenoxy) is 1. The predicted octanol–water partition coefficient (Wildman–Crippen LogP) is 2.90. The summed E-state index contributed by atoms with van der Waals surface area (Å²) in [4.78, 5) is 4.63. The second-order valence-electron chi connectivity index (χ2n) is 5.49. The molecular weight excluding hydrogens is 315 g/mol. The maximum absolute atomic E-state index is 12.5. The van der Waals surface area contributed by atoms with Gasteiger partial charge in [0.1, 0.15) is 12.4 Å². The lowest BCUT2D eigenvalue weighted by Gasteiger charge is -2.08. The molecule has 1 fully saturated rings. The Morgan fingerprint density at radius 3 is 2.70 bits per heavy atom. The zero-order chi connectivity index (χ0) is 16.2. The fourth-order valence-electron chi connectivity index (χ4n) is 2.20. The van der Waals surface area contributed by atoms with Crippen molar-refractivity contribution in [3.05, 3.63) is 42.0 Å². The molecular formula is C16H19FN4OS. The van der Waals surface area contributed by atoms with E-state index in [1.807, 2.05) is 24.3 Å². The summed E-state index contributed by atoms with van der Waals surface area (Å²) >= 11 is 4.31. The number of hydrogen-bond acceptors (Lipinski definition) is 5. The van der Waals surface area contributed by atoms with E-state index in [9.17, 15) is 4.39 Å². The van der Waals surface area contributed by atoms with E-state index in [-0.39, 0.29) is 13.2 Å². The standard InChI is InChI=1S/C16H19FN4OS/c17-7-11(8-18)9-22-14-5-3-13(4-6-14)16-19-15(12-1-2-12)20-21(16)10-23/h3-7,12,23H,1-2,8-10,18H2/b11-7+. The van der Waals surface area contributed by atoms with Crippen molar-refractivity contribution in [1.82, 2.24) is 14.8 Å². The molecule has 122 valence electrons. The molecule has 0 aliphatic heterocycles. The average Bonchev–Trinajstić information content (AvgIpc) is 3.35. The molecule has 1 heterocycles. The van der Waals surface area contributed by atoms with Crippen LogP contribution in [-0.4, -0.2) is 27.9 Å². The van der Waals surface area contributed by atoms with Crippen LogP contribution in [0.2, 0.25) is 0 Å². The number of halogens is 1. The van der Waals surface area contributed by atoms with Gasteiger partial charge in [0.05, 0.1) is 12.2 Å². The Bertz CT molecular complexity index is 695. The number of nitrogens with zero attached hydrogens (tertiary/aromatic N) is 3. The molecule has 0 atom stereocenters. The minimum absolute atomic E-state index is 0.142. The fourth-order valence-corrected chi connectivity index (χ4v) is 2.39. The van der Waals surface area contributed by atoms with Crippen LogP contribution in [0.25, 0.3) is 11.4 Å². The van der Waals surface area contributed by atoms with Gasteiger partial charge in [0.2, 0.25) is 0 Å². The van der Waals surface area contributed by atoms with Gasteiger partial charge in [-0.05, 0) is 37.1 Å². The molecule has 23 heavy (non-hydrogen) atoms. The third-order valence-corrected chi connectivity index (χ3v) is 3.99. The molecule has 0 spiro atoms. The van der Waals surface area contributed by atoms with E-state index >= 15 is 0 Å². The van der Waals surface area contributed by atoms with Gasteiger partial charge in [0.25, 0.3) is 0 Å². The molecule has 1 aliphatic carbocycles. The Labute approximate surface area is 139 Å². The summed E-state index contributed by atoms with van der Waals surface area (Å²) in [6.45, 7) is 0.286. The predicted molar refractivity (Wildman–Crippen MR) is 90.2 cm³/mol. The molecule has 0 amide bonds. The quantitative estimate of drug-likeness (QED) is 0.764. The van der Waals surface area contributed by atoms with Crippen molar-refractivity contribution in [2.24, 2.45) is 5.73 Å².